The zero-order valence-corrected chi connectivity index (χ0v) is 10.2. The van der Waals surface area contributed by atoms with Crippen LogP contribution in [0.2, 0.25) is 0 Å². The van der Waals surface area contributed by atoms with Crippen molar-refractivity contribution in [1.82, 2.24) is 0 Å². The molecular weight excluding hydrogens is 269 g/mol. The molecule has 0 aliphatic carbocycles. The first-order chi connectivity index (χ1) is 8.20. The Morgan fingerprint density at radius 3 is 2.39 bits per heavy atom. The van der Waals surface area contributed by atoms with Gasteiger partial charge in [-0.2, -0.15) is 13.2 Å². The summed E-state index contributed by atoms with van der Waals surface area (Å²) in [6.45, 7) is 0.101. The molecule has 0 aliphatic rings. The number of hydrogen-bond acceptors (Lipinski definition) is 3. The van der Waals surface area contributed by atoms with Crippen molar-refractivity contribution in [2.24, 2.45) is 5.14 Å². The highest BCUT2D eigenvalue weighted by molar-refractivity contribution is 7.89. The standard InChI is InChI=1S/C10H13F3N2O2S/c11-10(12,13)8-4-1-2-5-9(8)15-6-3-7-18(14,16)17/h1-2,4-5,15H,3,6-7H2,(H2,14,16,17). The number of nitrogens with two attached hydrogens (primary N) is 1. The number of sulfonamides is 1. The third-order valence-corrected chi connectivity index (χ3v) is 3.01. The molecule has 1 aromatic rings. The van der Waals surface area contributed by atoms with E-state index in [2.05, 4.69) is 5.32 Å². The number of nitrogens with one attached hydrogen (secondary N) is 1. The van der Waals surface area contributed by atoms with Gasteiger partial charge in [0.05, 0.1) is 11.3 Å². The van der Waals surface area contributed by atoms with E-state index in [0.29, 0.717) is 0 Å². The fourth-order valence-electron chi connectivity index (χ4n) is 1.38. The van der Waals surface area contributed by atoms with Crippen LogP contribution in [-0.2, 0) is 16.2 Å². The third-order valence-electron chi connectivity index (χ3n) is 2.15. The zero-order valence-electron chi connectivity index (χ0n) is 9.37. The van der Waals surface area contributed by atoms with Crippen LogP contribution in [-0.4, -0.2) is 20.7 Å². The van der Waals surface area contributed by atoms with Crippen LogP contribution in [0.15, 0.2) is 24.3 Å². The van der Waals surface area contributed by atoms with E-state index in [-0.39, 0.29) is 24.4 Å². The van der Waals surface area contributed by atoms with E-state index < -0.39 is 21.8 Å². The number of alkyl halides is 3. The molecule has 0 aliphatic heterocycles. The average Bonchev–Trinajstić information content (AvgIpc) is 2.22. The summed E-state index contributed by atoms with van der Waals surface area (Å²) < 4.78 is 59.1. The van der Waals surface area contributed by atoms with Crippen molar-refractivity contribution in [3.8, 4) is 0 Å². The Morgan fingerprint density at radius 1 is 1.22 bits per heavy atom. The SMILES string of the molecule is NS(=O)(=O)CCCNc1ccccc1C(F)(F)F. The van der Waals surface area contributed by atoms with Gasteiger partial charge in [0.2, 0.25) is 10.0 Å². The Morgan fingerprint density at radius 2 is 1.83 bits per heavy atom. The lowest BCUT2D eigenvalue weighted by molar-refractivity contribution is -0.136. The van der Waals surface area contributed by atoms with Crippen LogP contribution in [0.1, 0.15) is 12.0 Å². The van der Waals surface area contributed by atoms with E-state index in [9.17, 15) is 21.6 Å². The fourth-order valence-corrected chi connectivity index (χ4v) is 1.93. The van der Waals surface area contributed by atoms with E-state index in [0.717, 1.165) is 6.07 Å². The Kier molecular flexibility index (Phi) is 4.58. The predicted octanol–water partition coefficient (Wildman–Crippen LogP) is 1.80. The van der Waals surface area contributed by atoms with Gasteiger partial charge in [-0.15, -0.1) is 0 Å². The summed E-state index contributed by atoms with van der Waals surface area (Å²) in [4.78, 5) is 0. The molecule has 0 unspecified atom stereocenters. The zero-order chi connectivity index (χ0) is 13.8. The number of primary sulfonamides is 1. The molecule has 0 radical (unpaired) electrons. The van der Waals surface area contributed by atoms with Crippen molar-refractivity contribution in [1.29, 1.82) is 0 Å². The lowest BCUT2D eigenvalue weighted by Crippen LogP contribution is -2.19. The molecule has 0 saturated heterocycles. The molecule has 102 valence electrons. The number of benzene rings is 1. The minimum atomic E-state index is -4.44. The van der Waals surface area contributed by atoms with Gasteiger partial charge in [-0.05, 0) is 18.6 Å². The van der Waals surface area contributed by atoms with Gasteiger partial charge in [-0.3, -0.25) is 0 Å². The molecule has 0 spiro atoms. The molecule has 0 atom stereocenters. The molecule has 0 aromatic heterocycles. The molecule has 1 aromatic carbocycles. The highest BCUT2D eigenvalue weighted by Crippen LogP contribution is 2.34. The van der Waals surface area contributed by atoms with Gasteiger partial charge in [0.15, 0.2) is 0 Å². The maximum absolute atomic E-state index is 12.6. The monoisotopic (exact) mass is 282 g/mol. The Bertz CT molecular complexity index is 500. The van der Waals surface area contributed by atoms with Gasteiger partial charge >= 0.3 is 6.18 Å². The smallest absolute Gasteiger partial charge is 0.385 e. The van der Waals surface area contributed by atoms with Crippen molar-refractivity contribution in [3.63, 3.8) is 0 Å². The quantitative estimate of drug-likeness (QED) is 0.809. The molecule has 3 N–H and O–H groups in total. The molecule has 0 saturated carbocycles. The Balaban J connectivity index is 2.63. The Hall–Kier alpha value is -1.28. The van der Waals surface area contributed by atoms with Gasteiger partial charge in [0.25, 0.3) is 0 Å². The summed E-state index contributed by atoms with van der Waals surface area (Å²) in [5.74, 6) is -0.270. The number of anilines is 1. The number of rotatable bonds is 5. The van der Waals surface area contributed by atoms with Crippen LogP contribution in [0.4, 0.5) is 18.9 Å². The third kappa shape index (κ3) is 4.92. The summed E-state index contributed by atoms with van der Waals surface area (Å²) in [5, 5.41) is 7.33. The second-order valence-corrected chi connectivity index (χ2v) is 5.42. The van der Waals surface area contributed by atoms with Gasteiger partial charge in [0.1, 0.15) is 0 Å². The number of para-hydroxylation sites is 1. The summed E-state index contributed by atoms with van der Waals surface area (Å²) in [6.07, 6.45) is -4.30. The first-order valence-corrected chi connectivity index (χ1v) is 6.82. The molecule has 8 heteroatoms. The van der Waals surface area contributed by atoms with Crippen LogP contribution in [0, 0.1) is 0 Å². The van der Waals surface area contributed by atoms with Crippen molar-refractivity contribution < 1.29 is 21.6 Å². The average molecular weight is 282 g/mol. The molecule has 0 amide bonds. The molecule has 4 nitrogen and oxygen atoms in total. The minimum absolute atomic E-state index is 0.0700. The lowest BCUT2D eigenvalue weighted by Gasteiger charge is -2.13. The second-order valence-electron chi connectivity index (χ2n) is 3.69. The van der Waals surface area contributed by atoms with E-state index in [1.54, 1.807) is 0 Å². The van der Waals surface area contributed by atoms with Crippen molar-refractivity contribution in [2.75, 3.05) is 17.6 Å². The van der Waals surface area contributed by atoms with Crippen molar-refractivity contribution in [3.05, 3.63) is 29.8 Å². The molecule has 18 heavy (non-hydrogen) atoms. The van der Waals surface area contributed by atoms with Crippen LogP contribution >= 0.6 is 0 Å². The van der Waals surface area contributed by atoms with Gasteiger partial charge in [-0.25, -0.2) is 13.6 Å². The molecular formula is C10H13F3N2O2S. The highest BCUT2D eigenvalue weighted by atomic mass is 32.2. The molecule has 0 heterocycles. The largest absolute Gasteiger partial charge is 0.418 e. The summed E-state index contributed by atoms with van der Waals surface area (Å²) in [6, 6.07) is 5.01. The highest BCUT2D eigenvalue weighted by Gasteiger charge is 2.32. The second kappa shape index (κ2) is 5.57. The maximum atomic E-state index is 12.6. The number of hydrogen-bond donors (Lipinski definition) is 2. The van der Waals surface area contributed by atoms with E-state index in [1.165, 1.54) is 18.2 Å². The fraction of sp³-hybridized carbons (Fsp3) is 0.400. The summed E-state index contributed by atoms with van der Waals surface area (Å²) in [7, 11) is -3.58. The van der Waals surface area contributed by atoms with Crippen LogP contribution in [0.3, 0.4) is 0 Å². The van der Waals surface area contributed by atoms with E-state index in [4.69, 9.17) is 5.14 Å². The van der Waals surface area contributed by atoms with Gasteiger partial charge < -0.3 is 5.32 Å². The first kappa shape index (κ1) is 14.8. The normalized spacial score (nSPS) is 12.4. The molecule has 1 rings (SSSR count). The van der Waals surface area contributed by atoms with Crippen LogP contribution < -0.4 is 10.5 Å². The topological polar surface area (TPSA) is 72.2 Å². The Labute approximate surface area is 103 Å². The summed E-state index contributed by atoms with van der Waals surface area (Å²) in [5.41, 5.74) is -0.847. The number of halogens is 3. The van der Waals surface area contributed by atoms with Gasteiger partial charge in [0, 0.05) is 12.2 Å². The van der Waals surface area contributed by atoms with Crippen molar-refractivity contribution in [2.45, 2.75) is 12.6 Å². The maximum Gasteiger partial charge on any atom is 0.418 e. The lowest BCUT2D eigenvalue weighted by atomic mass is 10.1. The molecule has 0 fully saturated rings. The predicted molar refractivity (Wildman–Crippen MR) is 62.5 cm³/mol. The van der Waals surface area contributed by atoms with E-state index in [1.807, 2.05) is 0 Å². The van der Waals surface area contributed by atoms with Crippen molar-refractivity contribution >= 4 is 15.7 Å². The van der Waals surface area contributed by atoms with E-state index >= 15 is 0 Å². The van der Waals surface area contributed by atoms with Crippen LogP contribution in [0.5, 0.6) is 0 Å². The van der Waals surface area contributed by atoms with Crippen LogP contribution in [0.25, 0.3) is 0 Å². The molecule has 0 bridgehead atoms. The summed E-state index contributed by atoms with van der Waals surface area (Å²) >= 11 is 0. The minimum Gasteiger partial charge on any atom is -0.385 e. The first-order valence-electron chi connectivity index (χ1n) is 5.11. The van der Waals surface area contributed by atoms with Gasteiger partial charge in [-0.1, -0.05) is 12.1 Å².